The predicted molar refractivity (Wildman–Crippen MR) is 113 cm³/mol. The van der Waals surface area contributed by atoms with Gasteiger partial charge in [0.15, 0.2) is 0 Å². The highest BCUT2D eigenvalue weighted by Crippen LogP contribution is 2.21. The minimum absolute atomic E-state index is 0.163. The molecule has 3 rings (SSSR count). The number of amides is 1. The van der Waals surface area contributed by atoms with Gasteiger partial charge in [0, 0.05) is 29.8 Å². The molecule has 1 fully saturated rings. The maximum absolute atomic E-state index is 12.4. The Hall–Kier alpha value is -2.58. The second-order valence-corrected chi connectivity index (χ2v) is 9.42. The molecule has 0 atom stereocenters. The van der Waals surface area contributed by atoms with E-state index in [1.54, 1.807) is 50.2 Å². The van der Waals surface area contributed by atoms with Crippen molar-refractivity contribution in [2.24, 2.45) is 0 Å². The first-order chi connectivity index (χ1) is 13.8. The molecule has 0 unspecified atom stereocenters. The third-order valence-electron chi connectivity index (χ3n) is 4.61. The summed E-state index contributed by atoms with van der Waals surface area (Å²) in [6, 6.07) is 13.5. The van der Waals surface area contributed by atoms with E-state index in [0.29, 0.717) is 16.9 Å². The van der Waals surface area contributed by atoms with Crippen LogP contribution in [0, 0.1) is 0 Å². The second-order valence-electron chi connectivity index (χ2n) is 7.18. The number of sulfonamides is 1. The lowest BCUT2D eigenvalue weighted by atomic mass is 10.1. The molecule has 156 valence electrons. The standard InChI is InChI=1S/C21H26N2O5S/c1-15(2)29(25,26)23-18-5-3-16(4-6-18)21(24)22-17-7-9-19(10-8-17)28-20-11-13-27-14-12-20/h3-10,15,20,23H,11-14H2,1-2H3,(H,22,24). The Balaban J connectivity index is 1.57. The lowest BCUT2D eigenvalue weighted by molar-refractivity contribution is 0.0256. The monoisotopic (exact) mass is 418 g/mol. The summed E-state index contributed by atoms with van der Waals surface area (Å²) in [4.78, 5) is 12.4. The van der Waals surface area contributed by atoms with Crippen molar-refractivity contribution in [2.75, 3.05) is 23.3 Å². The quantitative estimate of drug-likeness (QED) is 0.716. The van der Waals surface area contributed by atoms with Crippen molar-refractivity contribution < 1.29 is 22.7 Å². The number of carbonyl (C=O) groups excluding carboxylic acids is 1. The maximum Gasteiger partial charge on any atom is 0.255 e. The van der Waals surface area contributed by atoms with Crippen LogP contribution in [0.3, 0.4) is 0 Å². The van der Waals surface area contributed by atoms with E-state index in [9.17, 15) is 13.2 Å². The molecular weight excluding hydrogens is 392 g/mol. The van der Waals surface area contributed by atoms with Crippen LogP contribution in [0.5, 0.6) is 5.75 Å². The fraction of sp³-hybridized carbons (Fsp3) is 0.381. The van der Waals surface area contributed by atoms with Gasteiger partial charge in [0.25, 0.3) is 5.91 Å². The van der Waals surface area contributed by atoms with Crippen molar-refractivity contribution in [1.82, 2.24) is 0 Å². The Morgan fingerprint density at radius 3 is 2.17 bits per heavy atom. The lowest BCUT2D eigenvalue weighted by Crippen LogP contribution is -2.25. The molecule has 0 aromatic heterocycles. The fourth-order valence-corrected chi connectivity index (χ4v) is 3.48. The number of hydrogen-bond acceptors (Lipinski definition) is 5. The van der Waals surface area contributed by atoms with Gasteiger partial charge < -0.3 is 14.8 Å². The third-order valence-corrected chi connectivity index (χ3v) is 6.37. The van der Waals surface area contributed by atoms with Gasteiger partial charge in [-0.3, -0.25) is 9.52 Å². The van der Waals surface area contributed by atoms with Gasteiger partial charge in [0.2, 0.25) is 10.0 Å². The summed E-state index contributed by atoms with van der Waals surface area (Å²) in [6.45, 7) is 4.64. The highest BCUT2D eigenvalue weighted by Gasteiger charge is 2.16. The summed E-state index contributed by atoms with van der Waals surface area (Å²) in [5.41, 5.74) is 1.50. The fourth-order valence-electron chi connectivity index (χ4n) is 2.78. The van der Waals surface area contributed by atoms with Crippen molar-refractivity contribution in [2.45, 2.75) is 38.0 Å². The molecule has 0 radical (unpaired) electrons. The van der Waals surface area contributed by atoms with Gasteiger partial charge in [0.1, 0.15) is 11.9 Å². The molecule has 1 amide bonds. The lowest BCUT2D eigenvalue weighted by Gasteiger charge is -2.23. The molecule has 1 heterocycles. The summed E-state index contributed by atoms with van der Waals surface area (Å²) >= 11 is 0. The molecule has 1 aliphatic rings. The van der Waals surface area contributed by atoms with Gasteiger partial charge in [-0.1, -0.05) is 0 Å². The topological polar surface area (TPSA) is 93.7 Å². The molecule has 2 aromatic carbocycles. The van der Waals surface area contributed by atoms with E-state index in [-0.39, 0.29) is 12.0 Å². The highest BCUT2D eigenvalue weighted by molar-refractivity contribution is 7.93. The SMILES string of the molecule is CC(C)S(=O)(=O)Nc1ccc(C(=O)Nc2ccc(OC3CCOCC3)cc2)cc1. The molecular formula is C21H26N2O5S. The second kappa shape index (κ2) is 9.28. The number of carbonyl (C=O) groups is 1. The van der Waals surface area contributed by atoms with E-state index in [0.717, 1.165) is 31.8 Å². The molecule has 0 saturated carbocycles. The number of rotatable bonds is 7. The van der Waals surface area contributed by atoms with Crippen LogP contribution < -0.4 is 14.8 Å². The zero-order valence-electron chi connectivity index (χ0n) is 16.6. The van der Waals surface area contributed by atoms with Crippen LogP contribution in [0.15, 0.2) is 48.5 Å². The van der Waals surface area contributed by atoms with Crippen molar-refractivity contribution >= 4 is 27.3 Å². The first-order valence-corrected chi connectivity index (χ1v) is 11.2. The Bertz CT molecular complexity index is 919. The Kier molecular flexibility index (Phi) is 6.76. The van der Waals surface area contributed by atoms with Gasteiger partial charge in [-0.25, -0.2) is 8.42 Å². The molecule has 29 heavy (non-hydrogen) atoms. The van der Waals surface area contributed by atoms with Crippen molar-refractivity contribution in [1.29, 1.82) is 0 Å². The smallest absolute Gasteiger partial charge is 0.255 e. The van der Waals surface area contributed by atoms with Gasteiger partial charge in [-0.2, -0.15) is 0 Å². The van der Waals surface area contributed by atoms with Crippen molar-refractivity contribution in [3.63, 3.8) is 0 Å². The highest BCUT2D eigenvalue weighted by atomic mass is 32.2. The molecule has 2 aromatic rings. The molecule has 2 N–H and O–H groups in total. The largest absolute Gasteiger partial charge is 0.490 e. The molecule has 8 heteroatoms. The average Bonchev–Trinajstić information content (AvgIpc) is 2.70. The minimum Gasteiger partial charge on any atom is -0.490 e. The van der Waals surface area contributed by atoms with Crippen LogP contribution in [0.25, 0.3) is 0 Å². The van der Waals surface area contributed by atoms with E-state index in [1.807, 2.05) is 12.1 Å². The zero-order valence-corrected chi connectivity index (χ0v) is 17.4. The number of ether oxygens (including phenoxy) is 2. The van der Waals surface area contributed by atoms with Gasteiger partial charge in [-0.05, 0) is 62.4 Å². The van der Waals surface area contributed by atoms with E-state index in [1.165, 1.54) is 0 Å². The van der Waals surface area contributed by atoms with Crippen LogP contribution in [-0.4, -0.2) is 38.9 Å². The number of benzene rings is 2. The van der Waals surface area contributed by atoms with E-state index < -0.39 is 15.3 Å². The van der Waals surface area contributed by atoms with E-state index >= 15 is 0 Å². The average molecular weight is 419 g/mol. The molecule has 7 nitrogen and oxygen atoms in total. The Morgan fingerprint density at radius 1 is 1.00 bits per heavy atom. The first-order valence-electron chi connectivity index (χ1n) is 9.61. The van der Waals surface area contributed by atoms with Crippen LogP contribution in [-0.2, 0) is 14.8 Å². The molecule has 0 spiro atoms. The number of nitrogens with one attached hydrogen (secondary N) is 2. The molecule has 1 saturated heterocycles. The third kappa shape index (κ3) is 5.95. The van der Waals surface area contributed by atoms with Gasteiger partial charge in [0.05, 0.1) is 18.5 Å². The van der Waals surface area contributed by atoms with Crippen LogP contribution >= 0.6 is 0 Å². The van der Waals surface area contributed by atoms with Crippen LogP contribution in [0.1, 0.15) is 37.0 Å². The van der Waals surface area contributed by atoms with E-state index in [2.05, 4.69) is 10.0 Å². The number of hydrogen-bond donors (Lipinski definition) is 2. The van der Waals surface area contributed by atoms with Gasteiger partial charge in [-0.15, -0.1) is 0 Å². The first kappa shape index (κ1) is 21.1. The van der Waals surface area contributed by atoms with Crippen LogP contribution in [0.4, 0.5) is 11.4 Å². The van der Waals surface area contributed by atoms with Crippen LogP contribution in [0.2, 0.25) is 0 Å². The summed E-state index contributed by atoms with van der Waals surface area (Å²) in [6.07, 6.45) is 1.92. The Labute approximate surface area is 171 Å². The summed E-state index contributed by atoms with van der Waals surface area (Å²) in [7, 11) is -3.42. The molecule has 0 bridgehead atoms. The van der Waals surface area contributed by atoms with Gasteiger partial charge >= 0.3 is 0 Å². The number of anilines is 2. The summed E-state index contributed by atoms with van der Waals surface area (Å²) < 4.78 is 37.5. The molecule has 0 aliphatic carbocycles. The normalized spacial score (nSPS) is 15.1. The predicted octanol–water partition coefficient (Wildman–Crippen LogP) is 3.65. The van der Waals surface area contributed by atoms with Crippen molar-refractivity contribution in [3.8, 4) is 5.75 Å². The van der Waals surface area contributed by atoms with Crippen molar-refractivity contribution in [3.05, 3.63) is 54.1 Å². The maximum atomic E-state index is 12.4. The zero-order chi connectivity index (χ0) is 20.9. The minimum atomic E-state index is -3.42. The summed E-state index contributed by atoms with van der Waals surface area (Å²) in [5, 5.41) is 2.28. The van der Waals surface area contributed by atoms with E-state index in [4.69, 9.17) is 9.47 Å². The molecule has 1 aliphatic heterocycles. The summed E-state index contributed by atoms with van der Waals surface area (Å²) in [5.74, 6) is 0.484. The Morgan fingerprint density at radius 2 is 1.59 bits per heavy atom.